The largest absolute Gasteiger partial charge is 0.481 e. The topological polar surface area (TPSA) is 66.4 Å². The maximum absolute atomic E-state index is 10.7. The molecule has 0 aromatic rings. The first kappa shape index (κ1) is 8.04. The van der Waals surface area contributed by atoms with Gasteiger partial charge in [-0.3, -0.25) is 9.59 Å². The van der Waals surface area contributed by atoms with Gasteiger partial charge in [-0.2, -0.15) is 0 Å². The van der Waals surface area contributed by atoms with Crippen molar-refractivity contribution in [3.8, 4) is 0 Å². The summed E-state index contributed by atoms with van der Waals surface area (Å²) in [5.41, 5.74) is 0. The number of amides is 1. The van der Waals surface area contributed by atoms with Crippen molar-refractivity contribution in [1.29, 1.82) is 0 Å². The number of rotatable bonds is 4. The number of carboxylic acid groups (broad SMARTS) is 1. The van der Waals surface area contributed by atoms with E-state index in [-0.39, 0.29) is 5.91 Å². The van der Waals surface area contributed by atoms with E-state index in [1.54, 1.807) is 0 Å². The summed E-state index contributed by atoms with van der Waals surface area (Å²) < 4.78 is 0. The fourth-order valence-electron chi connectivity index (χ4n) is 0.780. The summed E-state index contributed by atoms with van der Waals surface area (Å²) in [6.07, 6.45) is 1.91. The lowest BCUT2D eigenvalue weighted by Gasteiger charge is -1.99. The first-order valence-corrected chi connectivity index (χ1v) is 3.67. The maximum Gasteiger partial charge on any atom is 0.312 e. The molecule has 11 heavy (non-hydrogen) atoms. The predicted molar refractivity (Wildman–Crippen MR) is 38.0 cm³/mol. The van der Waals surface area contributed by atoms with Crippen LogP contribution < -0.4 is 5.32 Å². The van der Waals surface area contributed by atoms with Gasteiger partial charge in [-0.25, -0.2) is 0 Å². The number of hydrogen-bond acceptors (Lipinski definition) is 2. The summed E-state index contributed by atoms with van der Waals surface area (Å²) in [6, 6.07) is 0. The number of carbonyl (C=O) groups is 2. The Morgan fingerprint density at radius 2 is 2.09 bits per heavy atom. The van der Waals surface area contributed by atoms with E-state index in [1.807, 2.05) is 0 Å². The summed E-state index contributed by atoms with van der Waals surface area (Å²) in [7, 11) is 0. The van der Waals surface area contributed by atoms with Crippen molar-refractivity contribution in [1.82, 2.24) is 5.32 Å². The monoisotopic (exact) mass is 157 g/mol. The van der Waals surface area contributed by atoms with E-state index in [0.717, 1.165) is 12.8 Å². The van der Waals surface area contributed by atoms with Crippen LogP contribution in [-0.4, -0.2) is 23.5 Å². The molecule has 62 valence electrons. The molecule has 2 N–H and O–H groups in total. The van der Waals surface area contributed by atoms with Gasteiger partial charge in [0.25, 0.3) is 0 Å². The zero-order valence-electron chi connectivity index (χ0n) is 6.17. The van der Waals surface area contributed by atoms with Crippen molar-refractivity contribution in [2.75, 3.05) is 6.54 Å². The molecule has 0 aromatic carbocycles. The highest BCUT2D eigenvalue weighted by atomic mass is 16.4. The highest BCUT2D eigenvalue weighted by molar-refractivity contribution is 5.93. The first-order valence-electron chi connectivity index (χ1n) is 3.67. The number of hydrogen-bond donors (Lipinski definition) is 2. The van der Waals surface area contributed by atoms with Crippen molar-refractivity contribution < 1.29 is 14.7 Å². The highest BCUT2D eigenvalue weighted by Gasteiger charge is 2.21. The lowest BCUT2D eigenvalue weighted by Crippen LogP contribution is -2.27. The molecule has 1 saturated carbocycles. The molecule has 1 aliphatic carbocycles. The summed E-state index contributed by atoms with van der Waals surface area (Å²) >= 11 is 0. The molecule has 1 amide bonds. The van der Waals surface area contributed by atoms with Gasteiger partial charge in [0.1, 0.15) is 6.42 Å². The molecule has 0 aliphatic heterocycles. The molecular formula is C7H11NO3. The fourth-order valence-corrected chi connectivity index (χ4v) is 0.780. The van der Waals surface area contributed by atoms with Gasteiger partial charge in [0.05, 0.1) is 0 Å². The minimum absolute atomic E-state index is 0.385. The molecule has 0 spiro atoms. The summed E-state index contributed by atoms with van der Waals surface area (Å²) in [6.45, 7) is 0.645. The summed E-state index contributed by atoms with van der Waals surface area (Å²) in [5.74, 6) is -0.851. The molecule has 0 bridgehead atoms. The van der Waals surface area contributed by atoms with Crippen LogP contribution in [0.25, 0.3) is 0 Å². The summed E-state index contributed by atoms with van der Waals surface area (Å²) in [4.78, 5) is 20.7. The van der Waals surface area contributed by atoms with Crippen molar-refractivity contribution in [2.45, 2.75) is 19.3 Å². The first-order chi connectivity index (χ1) is 5.18. The van der Waals surface area contributed by atoms with E-state index in [1.165, 1.54) is 0 Å². The van der Waals surface area contributed by atoms with Gasteiger partial charge in [0.15, 0.2) is 0 Å². The van der Waals surface area contributed by atoms with Crippen LogP contribution in [0.15, 0.2) is 0 Å². The SMILES string of the molecule is O=C(O)CC(=O)NCC1CC1. The maximum atomic E-state index is 10.7. The van der Waals surface area contributed by atoms with E-state index in [4.69, 9.17) is 5.11 Å². The van der Waals surface area contributed by atoms with Crippen LogP contribution in [0.4, 0.5) is 0 Å². The standard InChI is InChI=1S/C7H11NO3/c9-6(3-7(10)11)8-4-5-1-2-5/h5H,1-4H2,(H,8,9)(H,10,11). The van der Waals surface area contributed by atoms with E-state index < -0.39 is 12.4 Å². The van der Waals surface area contributed by atoms with Crippen LogP contribution >= 0.6 is 0 Å². The molecule has 1 rings (SSSR count). The third-order valence-electron chi connectivity index (χ3n) is 1.60. The molecular weight excluding hydrogens is 146 g/mol. The molecule has 4 nitrogen and oxygen atoms in total. The predicted octanol–water partition coefficient (Wildman–Crippen LogP) is -0.0127. The Bertz CT molecular complexity index is 175. The quantitative estimate of drug-likeness (QED) is 0.564. The zero-order chi connectivity index (χ0) is 8.27. The normalized spacial score (nSPS) is 16.0. The van der Waals surface area contributed by atoms with Gasteiger partial charge in [-0.15, -0.1) is 0 Å². The lowest BCUT2D eigenvalue weighted by atomic mass is 10.3. The average Bonchev–Trinajstić information content (AvgIpc) is 2.63. The Morgan fingerprint density at radius 3 is 2.55 bits per heavy atom. The molecule has 0 atom stereocenters. The number of carbonyl (C=O) groups excluding carboxylic acids is 1. The second-order valence-electron chi connectivity index (χ2n) is 2.82. The number of aliphatic carboxylic acids is 1. The second kappa shape index (κ2) is 3.37. The Balaban J connectivity index is 2.04. The highest BCUT2D eigenvalue weighted by Crippen LogP contribution is 2.27. The Hall–Kier alpha value is -1.06. The van der Waals surface area contributed by atoms with E-state index in [9.17, 15) is 9.59 Å². The van der Waals surface area contributed by atoms with Crippen molar-refractivity contribution in [2.24, 2.45) is 5.92 Å². The van der Waals surface area contributed by atoms with Crippen LogP contribution in [0.2, 0.25) is 0 Å². The Morgan fingerprint density at radius 1 is 1.45 bits per heavy atom. The van der Waals surface area contributed by atoms with Gasteiger partial charge < -0.3 is 10.4 Å². The van der Waals surface area contributed by atoms with E-state index >= 15 is 0 Å². The van der Waals surface area contributed by atoms with Crippen LogP contribution in [0, 0.1) is 5.92 Å². The Labute approximate surface area is 64.6 Å². The van der Waals surface area contributed by atoms with E-state index in [0.29, 0.717) is 12.5 Å². The zero-order valence-corrected chi connectivity index (χ0v) is 6.17. The van der Waals surface area contributed by atoms with Gasteiger partial charge in [0, 0.05) is 6.54 Å². The number of nitrogens with one attached hydrogen (secondary N) is 1. The average molecular weight is 157 g/mol. The van der Waals surface area contributed by atoms with Crippen LogP contribution in [0.5, 0.6) is 0 Å². The third-order valence-corrected chi connectivity index (χ3v) is 1.60. The molecule has 4 heteroatoms. The molecule has 1 aliphatic rings. The minimum atomic E-state index is -1.07. The van der Waals surface area contributed by atoms with Crippen molar-refractivity contribution in [3.63, 3.8) is 0 Å². The molecule has 0 saturated heterocycles. The lowest BCUT2D eigenvalue weighted by molar-refractivity contribution is -0.140. The van der Waals surface area contributed by atoms with Crippen molar-refractivity contribution >= 4 is 11.9 Å². The van der Waals surface area contributed by atoms with Gasteiger partial charge in [0.2, 0.25) is 5.91 Å². The van der Waals surface area contributed by atoms with Crippen LogP contribution in [0.3, 0.4) is 0 Å². The van der Waals surface area contributed by atoms with Crippen LogP contribution in [-0.2, 0) is 9.59 Å². The van der Waals surface area contributed by atoms with Gasteiger partial charge >= 0.3 is 5.97 Å². The summed E-state index contributed by atoms with van der Waals surface area (Å²) in [5, 5.41) is 10.8. The van der Waals surface area contributed by atoms with Crippen LogP contribution in [0.1, 0.15) is 19.3 Å². The molecule has 0 heterocycles. The minimum Gasteiger partial charge on any atom is -0.481 e. The van der Waals surface area contributed by atoms with E-state index in [2.05, 4.69) is 5.32 Å². The molecule has 0 unspecified atom stereocenters. The second-order valence-corrected chi connectivity index (χ2v) is 2.82. The van der Waals surface area contributed by atoms with Gasteiger partial charge in [-0.1, -0.05) is 0 Å². The number of carboxylic acids is 1. The molecule has 0 aromatic heterocycles. The fraction of sp³-hybridized carbons (Fsp3) is 0.714. The third kappa shape index (κ3) is 3.60. The van der Waals surface area contributed by atoms with Gasteiger partial charge in [-0.05, 0) is 18.8 Å². The Kier molecular flexibility index (Phi) is 2.46. The molecule has 0 radical (unpaired) electrons. The molecule has 1 fully saturated rings. The smallest absolute Gasteiger partial charge is 0.312 e. The van der Waals surface area contributed by atoms with Crippen molar-refractivity contribution in [3.05, 3.63) is 0 Å².